The summed E-state index contributed by atoms with van der Waals surface area (Å²) in [5.41, 5.74) is 1.24. The summed E-state index contributed by atoms with van der Waals surface area (Å²) in [5.74, 6) is 0.0438. The predicted molar refractivity (Wildman–Crippen MR) is 109 cm³/mol. The third kappa shape index (κ3) is 3.60. The number of carbonyl (C=O) groups is 1. The molecule has 1 amide bonds. The van der Waals surface area contributed by atoms with E-state index < -0.39 is 0 Å². The van der Waals surface area contributed by atoms with Crippen molar-refractivity contribution in [1.29, 1.82) is 0 Å². The van der Waals surface area contributed by atoms with Gasteiger partial charge < -0.3 is 4.90 Å². The number of amides is 1. The maximum absolute atomic E-state index is 12.9. The lowest BCUT2D eigenvalue weighted by Gasteiger charge is -2.34. The van der Waals surface area contributed by atoms with Crippen molar-refractivity contribution in [2.24, 2.45) is 0 Å². The maximum atomic E-state index is 12.9. The van der Waals surface area contributed by atoms with Gasteiger partial charge in [0.15, 0.2) is 0 Å². The molecule has 6 heteroatoms. The van der Waals surface area contributed by atoms with Gasteiger partial charge in [-0.25, -0.2) is 0 Å². The summed E-state index contributed by atoms with van der Waals surface area (Å²) in [6, 6.07) is 15.8. The van der Waals surface area contributed by atoms with E-state index in [2.05, 4.69) is 17.0 Å². The minimum atomic E-state index is 0.0438. The molecule has 3 aromatic rings. The zero-order valence-corrected chi connectivity index (χ0v) is 16.4. The van der Waals surface area contributed by atoms with Gasteiger partial charge in [-0.05, 0) is 23.8 Å². The minimum absolute atomic E-state index is 0.0438. The molecule has 0 bridgehead atoms. The molecule has 1 aromatic heterocycles. The van der Waals surface area contributed by atoms with Crippen molar-refractivity contribution in [2.75, 3.05) is 26.2 Å². The zero-order valence-electron chi connectivity index (χ0n) is 14.1. The molecule has 0 aliphatic carbocycles. The van der Waals surface area contributed by atoms with Crippen LogP contribution in [-0.2, 0) is 6.54 Å². The number of thiophene rings is 1. The number of piperazine rings is 1. The van der Waals surface area contributed by atoms with Crippen LogP contribution in [0, 0.1) is 0 Å². The van der Waals surface area contributed by atoms with Crippen molar-refractivity contribution in [3.8, 4) is 0 Å². The Hall–Kier alpha value is -1.59. The van der Waals surface area contributed by atoms with E-state index in [9.17, 15) is 4.79 Å². The van der Waals surface area contributed by atoms with Gasteiger partial charge in [0.05, 0.1) is 5.02 Å². The van der Waals surface area contributed by atoms with Crippen LogP contribution in [0.3, 0.4) is 0 Å². The Morgan fingerprint density at radius 1 is 0.962 bits per heavy atom. The summed E-state index contributed by atoms with van der Waals surface area (Å²) < 4.78 is 1.06. The van der Waals surface area contributed by atoms with Crippen molar-refractivity contribution in [1.82, 2.24) is 9.80 Å². The molecule has 3 nitrogen and oxygen atoms in total. The van der Waals surface area contributed by atoms with E-state index in [1.807, 2.05) is 41.3 Å². The van der Waals surface area contributed by atoms with E-state index in [0.29, 0.717) is 9.90 Å². The molecule has 0 saturated carbocycles. The molecule has 0 unspecified atom stereocenters. The lowest BCUT2D eigenvalue weighted by molar-refractivity contribution is 0.0633. The maximum Gasteiger partial charge on any atom is 0.265 e. The highest BCUT2D eigenvalue weighted by Crippen LogP contribution is 2.36. The van der Waals surface area contributed by atoms with Crippen LogP contribution < -0.4 is 0 Å². The van der Waals surface area contributed by atoms with Crippen LogP contribution in [0.4, 0.5) is 0 Å². The molecule has 1 fully saturated rings. The van der Waals surface area contributed by atoms with Crippen molar-refractivity contribution in [3.63, 3.8) is 0 Å². The third-order valence-corrected chi connectivity index (χ3v) is 6.62. The number of hydrogen-bond donors (Lipinski definition) is 0. The van der Waals surface area contributed by atoms with E-state index >= 15 is 0 Å². The Balaban J connectivity index is 1.41. The van der Waals surface area contributed by atoms with E-state index in [1.54, 1.807) is 0 Å². The van der Waals surface area contributed by atoms with Gasteiger partial charge in [-0.1, -0.05) is 53.5 Å². The Morgan fingerprint density at radius 3 is 2.35 bits per heavy atom. The Bertz CT molecular complexity index is 931. The molecular weight excluding hydrogens is 387 g/mol. The highest BCUT2D eigenvalue weighted by Gasteiger charge is 2.26. The van der Waals surface area contributed by atoms with Crippen LogP contribution in [0.25, 0.3) is 10.1 Å². The van der Waals surface area contributed by atoms with E-state index in [-0.39, 0.29) is 5.91 Å². The number of benzene rings is 2. The second-order valence-electron chi connectivity index (χ2n) is 6.44. The first-order valence-electron chi connectivity index (χ1n) is 8.55. The second-order valence-corrected chi connectivity index (χ2v) is 8.30. The fraction of sp³-hybridized carbons (Fsp3) is 0.250. The summed E-state index contributed by atoms with van der Waals surface area (Å²) in [4.78, 5) is 17.8. The number of carbonyl (C=O) groups excluding carboxylic acids is 1. The molecule has 1 saturated heterocycles. The van der Waals surface area contributed by atoms with E-state index in [1.165, 1.54) is 16.9 Å². The lowest BCUT2D eigenvalue weighted by Crippen LogP contribution is -2.48. The highest BCUT2D eigenvalue weighted by atomic mass is 35.5. The molecule has 2 aromatic carbocycles. The Labute approximate surface area is 166 Å². The summed E-state index contributed by atoms with van der Waals surface area (Å²) in [6.45, 7) is 4.03. The smallest absolute Gasteiger partial charge is 0.265 e. The van der Waals surface area contributed by atoms with Gasteiger partial charge in [0.1, 0.15) is 4.88 Å². The molecule has 0 radical (unpaired) electrons. The molecule has 1 aliphatic heterocycles. The van der Waals surface area contributed by atoms with E-state index in [0.717, 1.165) is 47.8 Å². The van der Waals surface area contributed by atoms with Crippen molar-refractivity contribution in [3.05, 3.63) is 69.0 Å². The molecule has 0 atom stereocenters. The molecule has 1 aliphatic rings. The number of hydrogen-bond acceptors (Lipinski definition) is 3. The van der Waals surface area contributed by atoms with Gasteiger partial charge in [-0.3, -0.25) is 9.69 Å². The third-order valence-electron chi connectivity index (χ3n) is 4.71. The fourth-order valence-electron chi connectivity index (χ4n) is 3.25. The van der Waals surface area contributed by atoms with Gasteiger partial charge in [-0.15, -0.1) is 11.3 Å². The van der Waals surface area contributed by atoms with Gasteiger partial charge >= 0.3 is 0 Å². The monoisotopic (exact) mass is 404 g/mol. The zero-order chi connectivity index (χ0) is 18.1. The Morgan fingerprint density at radius 2 is 1.65 bits per heavy atom. The highest BCUT2D eigenvalue weighted by molar-refractivity contribution is 7.21. The van der Waals surface area contributed by atoms with Crippen LogP contribution in [0.2, 0.25) is 10.0 Å². The van der Waals surface area contributed by atoms with Crippen LogP contribution in [0.1, 0.15) is 15.2 Å². The van der Waals surface area contributed by atoms with Crippen LogP contribution in [0.15, 0.2) is 48.5 Å². The average molecular weight is 405 g/mol. The first-order valence-corrected chi connectivity index (χ1v) is 10.1. The predicted octanol–water partition coefficient (Wildman–Crippen LogP) is 5.17. The standard InChI is InChI=1S/C20H18Cl2N2OS/c21-15-7-5-14(6-8-15)13-23-9-11-24(12-10-23)20(25)19-18(22)16-3-1-2-4-17(16)26-19/h1-8H,9-13H2. The lowest BCUT2D eigenvalue weighted by atomic mass is 10.2. The summed E-state index contributed by atoms with van der Waals surface area (Å²) >= 11 is 13.9. The largest absolute Gasteiger partial charge is 0.335 e. The number of fused-ring (bicyclic) bond motifs is 1. The van der Waals surface area contributed by atoms with Gasteiger partial charge in [0.2, 0.25) is 0 Å². The van der Waals surface area contributed by atoms with Gasteiger partial charge in [-0.2, -0.15) is 0 Å². The molecule has 0 N–H and O–H groups in total. The van der Waals surface area contributed by atoms with Crippen LogP contribution >= 0.6 is 34.5 Å². The van der Waals surface area contributed by atoms with Gasteiger partial charge in [0, 0.05) is 47.8 Å². The van der Waals surface area contributed by atoms with Crippen LogP contribution in [-0.4, -0.2) is 41.9 Å². The van der Waals surface area contributed by atoms with Crippen molar-refractivity contribution >= 4 is 50.5 Å². The van der Waals surface area contributed by atoms with Crippen LogP contribution in [0.5, 0.6) is 0 Å². The van der Waals surface area contributed by atoms with E-state index in [4.69, 9.17) is 23.2 Å². The Kier molecular flexibility index (Phi) is 5.18. The number of rotatable bonds is 3. The van der Waals surface area contributed by atoms with Crippen molar-refractivity contribution in [2.45, 2.75) is 6.54 Å². The topological polar surface area (TPSA) is 23.6 Å². The summed E-state index contributed by atoms with van der Waals surface area (Å²) in [5, 5.41) is 2.30. The SMILES string of the molecule is O=C(c1sc2ccccc2c1Cl)N1CCN(Cc2ccc(Cl)cc2)CC1. The molecule has 2 heterocycles. The number of halogens is 2. The summed E-state index contributed by atoms with van der Waals surface area (Å²) in [6.07, 6.45) is 0. The molecule has 4 rings (SSSR count). The van der Waals surface area contributed by atoms with Gasteiger partial charge in [0.25, 0.3) is 5.91 Å². The fourth-order valence-corrected chi connectivity index (χ4v) is 4.86. The average Bonchev–Trinajstić information content (AvgIpc) is 3.01. The molecule has 26 heavy (non-hydrogen) atoms. The normalized spacial score (nSPS) is 15.5. The first-order chi connectivity index (χ1) is 12.6. The minimum Gasteiger partial charge on any atom is -0.335 e. The number of nitrogens with zero attached hydrogens (tertiary/aromatic N) is 2. The quantitative estimate of drug-likeness (QED) is 0.601. The first kappa shape index (κ1) is 17.8. The molecular formula is C20H18Cl2N2OS. The summed E-state index contributed by atoms with van der Waals surface area (Å²) in [7, 11) is 0. The molecule has 134 valence electrons. The van der Waals surface area contributed by atoms with Crippen molar-refractivity contribution < 1.29 is 4.79 Å². The molecule has 0 spiro atoms. The second kappa shape index (κ2) is 7.57.